The number of amides is 1. The van der Waals surface area contributed by atoms with Gasteiger partial charge in [-0.25, -0.2) is 0 Å². The van der Waals surface area contributed by atoms with Crippen LogP contribution in [0, 0.1) is 0 Å². The van der Waals surface area contributed by atoms with Crippen molar-refractivity contribution in [1.29, 1.82) is 0 Å². The van der Waals surface area contributed by atoms with Gasteiger partial charge in [0, 0.05) is 6.42 Å². The molecule has 0 fully saturated rings. The van der Waals surface area contributed by atoms with E-state index in [1.807, 2.05) is 0 Å². The molecule has 0 aromatic rings. The molecular formula is C54H105NO4. The molecule has 5 heteroatoms. The molecule has 0 saturated carbocycles. The van der Waals surface area contributed by atoms with Gasteiger partial charge < -0.3 is 20.6 Å². The van der Waals surface area contributed by atoms with Crippen LogP contribution in [0.2, 0.25) is 0 Å². The first kappa shape index (κ1) is 57.8. The molecule has 350 valence electrons. The van der Waals surface area contributed by atoms with E-state index in [1.165, 1.54) is 225 Å². The molecule has 0 bridgehead atoms. The van der Waals surface area contributed by atoms with Gasteiger partial charge in [0.05, 0.1) is 18.8 Å². The van der Waals surface area contributed by atoms with Crippen LogP contribution in [0.15, 0.2) is 24.3 Å². The van der Waals surface area contributed by atoms with E-state index in [1.54, 1.807) is 0 Å². The summed E-state index contributed by atoms with van der Waals surface area (Å²) in [7, 11) is 0. The molecule has 5 nitrogen and oxygen atoms in total. The van der Waals surface area contributed by atoms with Gasteiger partial charge >= 0.3 is 0 Å². The monoisotopic (exact) mass is 832 g/mol. The Labute approximate surface area is 369 Å². The minimum Gasteiger partial charge on any atom is -0.394 e. The molecule has 0 spiro atoms. The number of allylic oxidation sites excluding steroid dienone is 4. The molecule has 0 heterocycles. The smallest absolute Gasteiger partial charge is 0.220 e. The molecule has 0 saturated heterocycles. The zero-order chi connectivity index (χ0) is 43.0. The zero-order valence-electron chi connectivity index (χ0n) is 39.9. The van der Waals surface area contributed by atoms with Crippen molar-refractivity contribution in [3.8, 4) is 0 Å². The third kappa shape index (κ3) is 44.7. The highest BCUT2D eigenvalue weighted by molar-refractivity contribution is 5.76. The number of hydrogen-bond donors (Lipinski definition) is 4. The van der Waals surface area contributed by atoms with E-state index in [4.69, 9.17) is 0 Å². The first-order valence-corrected chi connectivity index (χ1v) is 26.6. The van der Waals surface area contributed by atoms with E-state index >= 15 is 0 Å². The van der Waals surface area contributed by atoms with Crippen LogP contribution in [-0.2, 0) is 4.79 Å². The van der Waals surface area contributed by atoms with E-state index in [-0.39, 0.29) is 12.5 Å². The van der Waals surface area contributed by atoms with E-state index in [2.05, 4.69) is 43.5 Å². The number of unbranched alkanes of at least 4 members (excludes halogenated alkanes) is 37. The second-order valence-corrected chi connectivity index (χ2v) is 18.4. The summed E-state index contributed by atoms with van der Waals surface area (Å²) in [4.78, 5) is 12.5. The van der Waals surface area contributed by atoms with E-state index < -0.39 is 18.2 Å². The molecular weight excluding hydrogens is 727 g/mol. The van der Waals surface area contributed by atoms with Crippen molar-refractivity contribution >= 4 is 5.91 Å². The number of aliphatic hydroxyl groups excluding tert-OH is 3. The van der Waals surface area contributed by atoms with Crippen molar-refractivity contribution in [1.82, 2.24) is 5.32 Å². The van der Waals surface area contributed by atoms with Gasteiger partial charge in [-0.2, -0.15) is 0 Å². The Bertz CT molecular complexity index is 874. The van der Waals surface area contributed by atoms with E-state index in [0.29, 0.717) is 12.8 Å². The lowest BCUT2D eigenvalue weighted by molar-refractivity contribution is -0.124. The van der Waals surface area contributed by atoms with Crippen molar-refractivity contribution in [2.45, 2.75) is 308 Å². The van der Waals surface area contributed by atoms with Gasteiger partial charge in [-0.15, -0.1) is 0 Å². The topological polar surface area (TPSA) is 89.8 Å². The highest BCUT2D eigenvalue weighted by Gasteiger charge is 2.26. The van der Waals surface area contributed by atoms with Crippen molar-refractivity contribution < 1.29 is 20.1 Å². The summed E-state index contributed by atoms with van der Waals surface area (Å²) < 4.78 is 0. The summed E-state index contributed by atoms with van der Waals surface area (Å²) in [5.74, 6) is -0.155. The molecule has 0 aliphatic carbocycles. The second kappa shape index (κ2) is 49.5. The fraction of sp³-hybridized carbons (Fsp3) is 0.907. The number of aliphatic hydroxyl groups is 3. The van der Waals surface area contributed by atoms with Crippen LogP contribution >= 0.6 is 0 Å². The minimum absolute atomic E-state index is 0.155. The summed E-state index contributed by atoms with van der Waals surface area (Å²) in [6.45, 7) is 4.20. The van der Waals surface area contributed by atoms with Gasteiger partial charge in [0.2, 0.25) is 5.91 Å². The summed E-state index contributed by atoms with van der Waals surface area (Å²) >= 11 is 0. The lowest BCUT2D eigenvalue weighted by atomic mass is 10.0. The van der Waals surface area contributed by atoms with Gasteiger partial charge in [-0.3, -0.25) is 4.79 Å². The number of carbonyl (C=O) groups is 1. The molecule has 0 aliphatic rings. The van der Waals surface area contributed by atoms with Crippen molar-refractivity contribution in [3.05, 3.63) is 24.3 Å². The Kier molecular flexibility index (Phi) is 48.5. The highest BCUT2D eigenvalue weighted by Crippen LogP contribution is 2.17. The minimum atomic E-state index is -1.16. The van der Waals surface area contributed by atoms with Crippen LogP contribution in [0.3, 0.4) is 0 Å². The first-order chi connectivity index (χ1) is 29.1. The summed E-state index contributed by atoms with van der Waals surface area (Å²) in [6, 6.07) is -0.827. The third-order valence-electron chi connectivity index (χ3n) is 12.5. The van der Waals surface area contributed by atoms with E-state index in [9.17, 15) is 20.1 Å². The Morgan fingerprint density at radius 1 is 0.407 bits per heavy atom. The van der Waals surface area contributed by atoms with Crippen LogP contribution in [0.25, 0.3) is 0 Å². The molecule has 0 radical (unpaired) electrons. The number of nitrogens with one attached hydrogen (secondary N) is 1. The third-order valence-corrected chi connectivity index (χ3v) is 12.5. The van der Waals surface area contributed by atoms with Crippen LogP contribution in [-0.4, -0.2) is 46.1 Å². The molecule has 4 N–H and O–H groups in total. The molecule has 3 unspecified atom stereocenters. The predicted molar refractivity (Wildman–Crippen MR) is 259 cm³/mol. The van der Waals surface area contributed by atoms with Gasteiger partial charge in [0.1, 0.15) is 6.10 Å². The fourth-order valence-electron chi connectivity index (χ4n) is 8.40. The Balaban J connectivity index is 3.59. The maximum atomic E-state index is 12.5. The average Bonchev–Trinajstić information content (AvgIpc) is 3.24. The van der Waals surface area contributed by atoms with Crippen LogP contribution in [0.5, 0.6) is 0 Å². The highest BCUT2D eigenvalue weighted by atomic mass is 16.3. The molecule has 0 aliphatic heterocycles. The number of hydrogen-bond acceptors (Lipinski definition) is 4. The van der Waals surface area contributed by atoms with Crippen molar-refractivity contribution in [3.63, 3.8) is 0 Å². The van der Waals surface area contributed by atoms with Gasteiger partial charge in [0.15, 0.2) is 0 Å². The summed E-state index contributed by atoms with van der Waals surface area (Å²) in [5.41, 5.74) is 0. The molecule has 59 heavy (non-hydrogen) atoms. The van der Waals surface area contributed by atoms with Crippen molar-refractivity contribution in [2.24, 2.45) is 0 Å². The fourth-order valence-corrected chi connectivity index (χ4v) is 8.40. The number of rotatable bonds is 49. The Morgan fingerprint density at radius 2 is 0.678 bits per heavy atom. The van der Waals surface area contributed by atoms with Gasteiger partial charge in [0.25, 0.3) is 0 Å². The normalized spacial score (nSPS) is 13.5. The van der Waals surface area contributed by atoms with Crippen molar-refractivity contribution in [2.75, 3.05) is 6.61 Å². The average molecular weight is 832 g/mol. The summed E-state index contributed by atoms with van der Waals surface area (Å²) in [5, 5.41) is 33.7. The second-order valence-electron chi connectivity index (χ2n) is 18.4. The SMILES string of the molecule is CCCCCCCCCCCCCC/C=C\CCCCCCCCCC(=O)NC(CO)C(O)C(O)CCC/C=C/CCCCCCCCCCCCCCCCCCC. The lowest BCUT2D eigenvalue weighted by Gasteiger charge is -2.26. The van der Waals surface area contributed by atoms with Crippen LogP contribution in [0.4, 0.5) is 0 Å². The first-order valence-electron chi connectivity index (χ1n) is 26.6. The molecule has 1 amide bonds. The maximum Gasteiger partial charge on any atom is 0.220 e. The lowest BCUT2D eigenvalue weighted by Crippen LogP contribution is -2.50. The van der Waals surface area contributed by atoms with Crippen LogP contribution < -0.4 is 5.32 Å². The van der Waals surface area contributed by atoms with Crippen LogP contribution in [0.1, 0.15) is 290 Å². The largest absolute Gasteiger partial charge is 0.394 e. The molecule has 0 rings (SSSR count). The quantitative estimate of drug-likeness (QED) is 0.0363. The Morgan fingerprint density at radius 3 is 0.983 bits per heavy atom. The molecule has 3 atom stereocenters. The maximum absolute atomic E-state index is 12.5. The van der Waals surface area contributed by atoms with E-state index in [0.717, 1.165) is 38.5 Å². The molecule has 0 aromatic heterocycles. The predicted octanol–water partition coefficient (Wildman–Crippen LogP) is 16.1. The molecule has 0 aromatic carbocycles. The summed E-state index contributed by atoms with van der Waals surface area (Å²) in [6.07, 6.45) is 61.8. The number of carbonyl (C=O) groups excluding carboxylic acids is 1. The van der Waals surface area contributed by atoms with Gasteiger partial charge in [-0.1, -0.05) is 244 Å². The zero-order valence-corrected chi connectivity index (χ0v) is 39.9. The Hall–Kier alpha value is -1.17. The standard InChI is InChI=1S/C54H105NO4/c1-3-5-7-9-11-13-15-17-19-21-23-25-27-29-31-33-35-37-39-41-43-45-47-49-53(58)55-51(50-56)54(59)52(57)48-46-44-42-40-38-36-34-32-30-28-26-24-22-20-18-16-14-12-10-8-6-4-2/h29,31,40,42,51-52,54,56-57,59H,3-28,30,32-39,41,43-50H2,1-2H3,(H,55,58)/b31-29-,42-40+. The van der Waals surface area contributed by atoms with Gasteiger partial charge in [-0.05, 0) is 64.2 Å².